The van der Waals surface area contributed by atoms with Crippen LogP contribution in [0.25, 0.3) is 0 Å². The maximum atomic E-state index is 5.78. The summed E-state index contributed by atoms with van der Waals surface area (Å²) in [4.78, 5) is 0. The van der Waals surface area contributed by atoms with Gasteiger partial charge in [0.05, 0.1) is 18.8 Å². The summed E-state index contributed by atoms with van der Waals surface area (Å²) >= 11 is 0. The maximum Gasteiger partial charge on any atom is 0.0674 e. The van der Waals surface area contributed by atoms with Crippen molar-refractivity contribution in [1.29, 1.82) is 0 Å². The molecule has 1 aliphatic rings. The van der Waals surface area contributed by atoms with E-state index in [0.717, 1.165) is 32.5 Å². The Labute approximate surface area is 112 Å². The molecule has 0 saturated heterocycles. The zero-order chi connectivity index (χ0) is 13.6. The maximum absolute atomic E-state index is 5.78. The molecular formula is C15H30O3. The predicted octanol–water partition coefficient (Wildman–Crippen LogP) is 3.27. The van der Waals surface area contributed by atoms with E-state index in [2.05, 4.69) is 20.8 Å². The molecule has 0 aromatic heterocycles. The summed E-state index contributed by atoms with van der Waals surface area (Å²) in [6.45, 7) is 8.09. The highest BCUT2D eigenvalue weighted by molar-refractivity contribution is 4.98. The Morgan fingerprint density at radius 2 is 1.67 bits per heavy atom. The summed E-state index contributed by atoms with van der Waals surface area (Å²) < 4.78 is 17.3. The molecule has 3 nitrogen and oxygen atoms in total. The van der Waals surface area contributed by atoms with E-state index in [0.29, 0.717) is 5.92 Å². The van der Waals surface area contributed by atoms with Crippen LogP contribution in [-0.4, -0.2) is 39.6 Å². The molecule has 0 amide bonds. The highest BCUT2D eigenvalue weighted by atomic mass is 16.5. The summed E-state index contributed by atoms with van der Waals surface area (Å²) in [5, 5.41) is 0. The summed E-state index contributed by atoms with van der Waals surface area (Å²) in [6.07, 6.45) is 5.04. The zero-order valence-corrected chi connectivity index (χ0v) is 12.7. The monoisotopic (exact) mass is 258 g/mol. The van der Waals surface area contributed by atoms with Crippen molar-refractivity contribution in [3.63, 3.8) is 0 Å². The Balaban J connectivity index is 2.95. The third kappa shape index (κ3) is 3.46. The van der Waals surface area contributed by atoms with Crippen LogP contribution in [0.3, 0.4) is 0 Å². The molecule has 0 heterocycles. The Kier molecular flexibility index (Phi) is 6.61. The lowest BCUT2D eigenvalue weighted by atomic mass is 9.65. The van der Waals surface area contributed by atoms with Gasteiger partial charge < -0.3 is 14.2 Å². The van der Waals surface area contributed by atoms with E-state index >= 15 is 0 Å². The van der Waals surface area contributed by atoms with Crippen molar-refractivity contribution in [1.82, 2.24) is 0 Å². The van der Waals surface area contributed by atoms with Crippen LogP contribution in [0, 0.1) is 11.3 Å². The third-order valence-electron chi connectivity index (χ3n) is 4.15. The van der Waals surface area contributed by atoms with Gasteiger partial charge in [-0.05, 0) is 38.5 Å². The van der Waals surface area contributed by atoms with E-state index in [4.69, 9.17) is 14.2 Å². The fraction of sp³-hybridized carbons (Fsp3) is 1.00. The van der Waals surface area contributed by atoms with Gasteiger partial charge in [-0.3, -0.25) is 0 Å². The Morgan fingerprint density at radius 1 is 1.11 bits per heavy atom. The lowest BCUT2D eigenvalue weighted by molar-refractivity contribution is -0.166. The van der Waals surface area contributed by atoms with Crippen LogP contribution < -0.4 is 0 Å². The van der Waals surface area contributed by atoms with Gasteiger partial charge in [0.1, 0.15) is 0 Å². The van der Waals surface area contributed by atoms with Gasteiger partial charge in [0.25, 0.3) is 0 Å². The van der Waals surface area contributed by atoms with Gasteiger partial charge in [-0.2, -0.15) is 0 Å². The van der Waals surface area contributed by atoms with Crippen molar-refractivity contribution in [3.05, 3.63) is 0 Å². The molecule has 2 unspecified atom stereocenters. The smallest absolute Gasteiger partial charge is 0.0674 e. The highest BCUT2D eigenvalue weighted by Gasteiger charge is 2.48. The lowest BCUT2D eigenvalue weighted by Gasteiger charge is -2.49. The molecule has 2 atom stereocenters. The molecule has 18 heavy (non-hydrogen) atoms. The Morgan fingerprint density at radius 3 is 2.06 bits per heavy atom. The van der Waals surface area contributed by atoms with Crippen LogP contribution in [-0.2, 0) is 14.2 Å². The van der Waals surface area contributed by atoms with Crippen LogP contribution in [0.1, 0.15) is 46.5 Å². The Bertz CT molecular complexity index is 216. The van der Waals surface area contributed by atoms with Crippen LogP contribution in [0.2, 0.25) is 0 Å². The van der Waals surface area contributed by atoms with Crippen LogP contribution in [0.5, 0.6) is 0 Å². The SMILES string of the molecule is CCOCC1(CC(C)C)C(OC)CCCC1OC. The van der Waals surface area contributed by atoms with E-state index < -0.39 is 0 Å². The normalized spacial score (nSPS) is 33.0. The first-order chi connectivity index (χ1) is 8.60. The topological polar surface area (TPSA) is 27.7 Å². The fourth-order valence-corrected chi connectivity index (χ4v) is 3.54. The molecule has 1 rings (SSSR count). The molecule has 0 radical (unpaired) electrons. The summed E-state index contributed by atoms with van der Waals surface area (Å²) in [7, 11) is 3.65. The number of hydrogen-bond acceptors (Lipinski definition) is 3. The van der Waals surface area contributed by atoms with Crippen molar-refractivity contribution in [2.24, 2.45) is 11.3 Å². The van der Waals surface area contributed by atoms with Gasteiger partial charge in [-0.15, -0.1) is 0 Å². The van der Waals surface area contributed by atoms with Crippen molar-refractivity contribution in [2.75, 3.05) is 27.4 Å². The fourth-order valence-electron chi connectivity index (χ4n) is 3.54. The molecular weight excluding hydrogens is 228 g/mol. The minimum absolute atomic E-state index is 0.0198. The second kappa shape index (κ2) is 7.46. The number of ether oxygens (including phenoxy) is 3. The van der Waals surface area contributed by atoms with Gasteiger partial charge in [0, 0.05) is 26.2 Å². The van der Waals surface area contributed by atoms with Crippen molar-refractivity contribution in [3.8, 4) is 0 Å². The molecule has 3 heteroatoms. The molecule has 0 bridgehead atoms. The minimum Gasteiger partial charge on any atom is -0.381 e. The molecule has 0 N–H and O–H groups in total. The quantitative estimate of drug-likeness (QED) is 0.701. The predicted molar refractivity (Wildman–Crippen MR) is 73.8 cm³/mol. The van der Waals surface area contributed by atoms with E-state index in [1.165, 1.54) is 6.42 Å². The minimum atomic E-state index is 0.0198. The van der Waals surface area contributed by atoms with Gasteiger partial charge >= 0.3 is 0 Å². The number of rotatable bonds is 7. The zero-order valence-electron chi connectivity index (χ0n) is 12.7. The Hall–Kier alpha value is -0.120. The first kappa shape index (κ1) is 15.9. The van der Waals surface area contributed by atoms with E-state index in [1.54, 1.807) is 0 Å². The largest absolute Gasteiger partial charge is 0.381 e. The van der Waals surface area contributed by atoms with E-state index in [-0.39, 0.29) is 17.6 Å². The summed E-state index contributed by atoms with van der Waals surface area (Å²) in [6, 6.07) is 0. The van der Waals surface area contributed by atoms with Crippen molar-refractivity contribution >= 4 is 0 Å². The van der Waals surface area contributed by atoms with Gasteiger partial charge in [-0.25, -0.2) is 0 Å². The molecule has 1 aliphatic carbocycles. The standard InChI is InChI=1S/C15H30O3/c1-6-18-11-15(10-12(2)3)13(16-4)8-7-9-14(15)17-5/h12-14H,6-11H2,1-5H3. The number of hydrogen-bond donors (Lipinski definition) is 0. The summed E-state index contributed by atoms with van der Waals surface area (Å²) in [5.74, 6) is 0.624. The first-order valence-corrected chi connectivity index (χ1v) is 7.24. The molecule has 0 aromatic rings. The van der Waals surface area contributed by atoms with Crippen LogP contribution in [0.15, 0.2) is 0 Å². The van der Waals surface area contributed by atoms with E-state index in [9.17, 15) is 0 Å². The van der Waals surface area contributed by atoms with E-state index in [1.807, 2.05) is 14.2 Å². The third-order valence-corrected chi connectivity index (χ3v) is 4.15. The van der Waals surface area contributed by atoms with Gasteiger partial charge in [0.2, 0.25) is 0 Å². The molecule has 0 aromatic carbocycles. The summed E-state index contributed by atoms with van der Waals surface area (Å²) in [5.41, 5.74) is 0.0198. The number of methoxy groups -OCH3 is 2. The average Bonchev–Trinajstić information content (AvgIpc) is 2.35. The van der Waals surface area contributed by atoms with Crippen LogP contribution >= 0.6 is 0 Å². The van der Waals surface area contributed by atoms with Gasteiger partial charge in [0.15, 0.2) is 0 Å². The lowest BCUT2D eigenvalue weighted by Crippen LogP contribution is -2.53. The van der Waals surface area contributed by atoms with Gasteiger partial charge in [-0.1, -0.05) is 13.8 Å². The highest BCUT2D eigenvalue weighted by Crippen LogP contribution is 2.44. The molecule has 0 aliphatic heterocycles. The van der Waals surface area contributed by atoms with Crippen LogP contribution in [0.4, 0.5) is 0 Å². The second-order valence-electron chi connectivity index (χ2n) is 5.85. The second-order valence-corrected chi connectivity index (χ2v) is 5.85. The van der Waals surface area contributed by atoms with Crippen molar-refractivity contribution < 1.29 is 14.2 Å². The molecule has 108 valence electrons. The van der Waals surface area contributed by atoms with Crippen molar-refractivity contribution in [2.45, 2.75) is 58.7 Å². The first-order valence-electron chi connectivity index (χ1n) is 7.24. The molecule has 0 spiro atoms. The molecule has 1 saturated carbocycles. The molecule has 1 fully saturated rings. The average molecular weight is 258 g/mol.